The molecular formula is C27H36FNO4. The summed E-state index contributed by atoms with van der Waals surface area (Å²) in [5.74, 6) is -0.406. The zero-order chi connectivity index (χ0) is 23.6. The van der Waals surface area contributed by atoms with Gasteiger partial charge in [0, 0.05) is 19.0 Å². The summed E-state index contributed by atoms with van der Waals surface area (Å²) in [7, 11) is 0. The molecule has 0 saturated carbocycles. The van der Waals surface area contributed by atoms with E-state index in [1.165, 1.54) is 6.07 Å². The molecule has 0 amide bonds. The normalized spacial score (nSPS) is 18.2. The largest absolute Gasteiger partial charge is 0.466 e. The van der Waals surface area contributed by atoms with Crippen LogP contribution in [-0.4, -0.2) is 54.4 Å². The molecule has 5 nitrogen and oxygen atoms in total. The summed E-state index contributed by atoms with van der Waals surface area (Å²) < 4.78 is 24.6. The van der Waals surface area contributed by atoms with Gasteiger partial charge in [-0.15, -0.1) is 0 Å². The SMILES string of the molecule is CCOC(=O)CCc1ccccc1[C@@H](C)OC[C@H](O)CN1CCC[C@H]1Cc1cccc(F)c1. The van der Waals surface area contributed by atoms with Crippen molar-refractivity contribution in [1.29, 1.82) is 0 Å². The number of carbonyl (C=O) groups is 1. The molecule has 0 aromatic heterocycles. The average Bonchev–Trinajstić information content (AvgIpc) is 3.22. The lowest BCUT2D eigenvalue weighted by Gasteiger charge is -2.27. The molecule has 6 heteroatoms. The number of β-amino-alcohol motifs (C(OH)–C–C–N with tert-alkyl or cyclic N) is 1. The van der Waals surface area contributed by atoms with Crippen LogP contribution >= 0.6 is 0 Å². The van der Waals surface area contributed by atoms with E-state index in [-0.39, 0.29) is 24.5 Å². The third-order valence-corrected chi connectivity index (χ3v) is 6.24. The lowest BCUT2D eigenvalue weighted by Crippen LogP contribution is -2.39. The second-order valence-corrected chi connectivity index (χ2v) is 8.76. The quantitative estimate of drug-likeness (QED) is 0.477. The second-order valence-electron chi connectivity index (χ2n) is 8.76. The van der Waals surface area contributed by atoms with E-state index in [0.717, 1.165) is 42.5 Å². The summed E-state index contributed by atoms with van der Waals surface area (Å²) in [5, 5.41) is 10.7. The summed E-state index contributed by atoms with van der Waals surface area (Å²) in [5.41, 5.74) is 3.08. The van der Waals surface area contributed by atoms with Gasteiger partial charge in [0.1, 0.15) is 5.82 Å². The summed E-state index contributed by atoms with van der Waals surface area (Å²) in [6.45, 7) is 5.87. The van der Waals surface area contributed by atoms with Crippen molar-refractivity contribution in [2.75, 3.05) is 26.3 Å². The number of hydrogen-bond acceptors (Lipinski definition) is 5. The van der Waals surface area contributed by atoms with Crippen LogP contribution in [0.25, 0.3) is 0 Å². The Kier molecular flexibility index (Phi) is 9.85. The van der Waals surface area contributed by atoms with Crippen LogP contribution in [0.5, 0.6) is 0 Å². The van der Waals surface area contributed by atoms with E-state index in [2.05, 4.69) is 4.90 Å². The molecule has 3 atom stereocenters. The maximum absolute atomic E-state index is 13.5. The minimum Gasteiger partial charge on any atom is -0.466 e. The monoisotopic (exact) mass is 457 g/mol. The maximum Gasteiger partial charge on any atom is 0.306 e. The fourth-order valence-electron chi connectivity index (χ4n) is 4.60. The van der Waals surface area contributed by atoms with Gasteiger partial charge in [-0.25, -0.2) is 4.39 Å². The van der Waals surface area contributed by atoms with Crippen LogP contribution in [0.3, 0.4) is 0 Å². The molecule has 33 heavy (non-hydrogen) atoms. The minimum absolute atomic E-state index is 0.195. The van der Waals surface area contributed by atoms with Gasteiger partial charge in [0.15, 0.2) is 0 Å². The Morgan fingerprint density at radius 2 is 2.06 bits per heavy atom. The molecule has 1 heterocycles. The lowest BCUT2D eigenvalue weighted by molar-refractivity contribution is -0.143. The van der Waals surface area contributed by atoms with Crippen molar-refractivity contribution in [2.45, 2.75) is 64.2 Å². The highest BCUT2D eigenvalue weighted by molar-refractivity contribution is 5.69. The summed E-state index contributed by atoms with van der Waals surface area (Å²) in [4.78, 5) is 14.0. The van der Waals surface area contributed by atoms with Gasteiger partial charge in [0.05, 0.1) is 25.4 Å². The molecule has 0 radical (unpaired) electrons. The van der Waals surface area contributed by atoms with Crippen LogP contribution in [0, 0.1) is 5.82 Å². The van der Waals surface area contributed by atoms with E-state index in [0.29, 0.717) is 32.0 Å². The molecule has 2 aromatic rings. The first-order chi connectivity index (χ1) is 16.0. The van der Waals surface area contributed by atoms with Crippen LogP contribution < -0.4 is 0 Å². The van der Waals surface area contributed by atoms with Crippen molar-refractivity contribution in [3.63, 3.8) is 0 Å². The number of aliphatic hydroxyl groups excluding tert-OH is 1. The smallest absolute Gasteiger partial charge is 0.306 e. The van der Waals surface area contributed by atoms with Crippen LogP contribution in [-0.2, 0) is 27.1 Å². The number of halogens is 1. The van der Waals surface area contributed by atoms with Crippen LogP contribution in [0.4, 0.5) is 4.39 Å². The number of aryl methyl sites for hydroxylation is 1. The highest BCUT2D eigenvalue weighted by atomic mass is 19.1. The molecular weight excluding hydrogens is 421 g/mol. The molecule has 1 N–H and O–H groups in total. The van der Waals surface area contributed by atoms with Crippen LogP contribution in [0.2, 0.25) is 0 Å². The summed E-state index contributed by atoms with van der Waals surface area (Å²) >= 11 is 0. The molecule has 1 aliphatic heterocycles. The van der Waals surface area contributed by atoms with Crippen LogP contribution in [0.15, 0.2) is 48.5 Å². The predicted octanol–water partition coefficient (Wildman–Crippen LogP) is 4.47. The lowest BCUT2D eigenvalue weighted by atomic mass is 9.99. The van der Waals surface area contributed by atoms with Crippen LogP contribution in [0.1, 0.15) is 55.9 Å². The number of nitrogens with zero attached hydrogens (tertiary/aromatic N) is 1. The molecule has 180 valence electrons. The van der Waals surface area contributed by atoms with Crippen molar-refractivity contribution in [2.24, 2.45) is 0 Å². The van der Waals surface area contributed by atoms with Crippen molar-refractivity contribution in [3.8, 4) is 0 Å². The summed E-state index contributed by atoms with van der Waals surface area (Å²) in [6, 6.07) is 15.0. The van der Waals surface area contributed by atoms with Gasteiger partial charge < -0.3 is 14.6 Å². The van der Waals surface area contributed by atoms with Gasteiger partial charge >= 0.3 is 5.97 Å². The Morgan fingerprint density at radius 3 is 2.85 bits per heavy atom. The highest BCUT2D eigenvalue weighted by Crippen LogP contribution is 2.24. The standard InChI is InChI=1S/C27H36FNO4/c1-3-32-27(31)14-13-22-9-4-5-12-26(22)20(2)33-19-25(30)18-29-15-7-11-24(29)17-21-8-6-10-23(28)16-21/h4-6,8-10,12,16,20,24-25,30H,3,7,11,13-15,17-19H2,1-2H3/t20-,24+,25-/m1/s1. The third-order valence-electron chi connectivity index (χ3n) is 6.24. The number of ether oxygens (including phenoxy) is 2. The number of rotatable bonds is 12. The van der Waals surface area contributed by atoms with Gasteiger partial charge in [0.2, 0.25) is 0 Å². The number of aliphatic hydroxyl groups is 1. The molecule has 1 aliphatic rings. The van der Waals surface area contributed by atoms with E-state index < -0.39 is 6.10 Å². The molecule has 0 unspecified atom stereocenters. The van der Waals surface area contributed by atoms with Gasteiger partial charge in [0.25, 0.3) is 0 Å². The van der Waals surface area contributed by atoms with E-state index in [1.54, 1.807) is 19.1 Å². The Labute approximate surface area is 196 Å². The summed E-state index contributed by atoms with van der Waals surface area (Å²) in [6.07, 6.45) is 3.05. The van der Waals surface area contributed by atoms with Crippen molar-refractivity contribution in [3.05, 3.63) is 71.0 Å². The molecule has 0 aliphatic carbocycles. The van der Waals surface area contributed by atoms with Crippen molar-refractivity contribution < 1.29 is 23.8 Å². The van der Waals surface area contributed by atoms with E-state index in [4.69, 9.17) is 9.47 Å². The molecule has 1 fully saturated rings. The number of hydrogen-bond donors (Lipinski definition) is 1. The van der Waals surface area contributed by atoms with Crippen molar-refractivity contribution >= 4 is 5.97 Å². The number of benzene rings is 2. The molecule has 3 rings (SSSR count). The van der Waals surface area contributed by atoms with Gasteiger partial charge in [-0.3, -0.25) is 9.69 Å². The second kappa shape index (κ2) is 12.8. The highest BCUT2D eigenvalue weighted by Gasteiger charge is 2.27. The Balaban J connectivity index is 1.49. The van der Waals surface area contributed by atoms with Gasteiger partial charge in [-0.05, 0) is 74.9 Å². The fourth-order valence-corrected chi connectivity index (χ4v) is 4.60. The Morgan fingerprint density at radius 1 is 1.24 bits per heavy atom. The maximum atomic E-state index is 13.5. The van der Waals surface area contributed by atoms with E-state index in [9.17, 15) is 14.3 Å². The number of carbonyl (C=O) groups excluding carboxylic acids is 1. The molecule has 2 aromatic carbocycles. The van der Waals surface area contributed by atoms with Crippen molar-refractivity contribution in [1.82, 2.24) is 4.90 Å². The van der Waals surface area contributed by atoms with E-state index in [1.807, 2.05) is 37.3 Å². The average molecular weight is 458 g/mol. The molecule has 0 spiro atoms. The minimum atomic E-state index is -0.604. The Hall–Kier alpha value is -2.28. The number of esters is 1. The van der Waals surface area contributed by atoms with E-state index >= 15 is 0 Å². The van der Waals surface area contributed by atoms with Gasteiger partial charge in [-0.1, -0.05) is 36.4 Å². The Bertz CT molecular complexity index is 890. The first-order valence-electron chi connectivity index (χ1n) is 12.0. The predicted molar refractivity (Wildman–Crippen MR) is 126 cm³/mol. The first kappa shape index (κ1) is 25.3. The third kappa shape index (κ3) is 7.91. The first-order valence-corrected chi connectivity index (χ1v) is 12.0. The zero-order valence-corrected chi connectivity index (χ0v) is 19.7. The number of likely N-dealkylation sites (tertiary alicyclic amines) is 1. The van der Waals surface area contributed by atoms with Gasteiger partial charge in [-0.2, -0.15) is 0 Å². The zero-order valence-electron chi connectivity index (χ0n) is 19.7. The molecule has 1 saturated heterocycles. The molecule has 0 bridgehead atoms. The fraction of sp³-hybridized carbons (Fsp3) is 0.519. The topological polar surface area (TPSA) is 59.0 Å².